The highest BCUT2D eigenvalue weighted by Gasteiger charge is 2.43. The first-order chi connectivity index (χ1) is 13.8. The molecule has 2 aromatic rings. The Balaban J connectivity index is 1.47. The smallest absolute Gasteiger partial charge is 0.339 e. The first-order valence-corrected chi connectivity index (χ1v) is 10.5. The summed E-state index contributed by atoms with van der Waals surface area (Å²) in [6.07, 6.45) is 4.65. The summed E-state index contributed by atoms with van der Waals surface area (Å²) in [6, 6.07) is 3.70. The number of nitrogens with zero attached hydrogens (tertiary/aromatic N) is 1. The van der Waals surface area contributed by atoms with E-state index in [1.807, 2.05) is 30.9 Å². The molecule has 0 spiro atoms. The zero-order valence-corrected chi connectivity index (χ0v) is 17.4. The summed E-state index contributed by atoms with van der Waals surface area (Å²) >= 11 is 0. The molecular formula is C23H29NO5. The number of hydrogen-bond donors (Lipinski definition) is 1. The normalized spacial score (nSPS) is 24.4. The van der Waals surface area contributed by atoms with Crippen LogP contribution in [0.3, 0.4) is 0 Å². The molecule has 0 bridgehead atoms. The van der Waals surface area contributed by atoms with Gasteiger partial charge in [-0.15, -0.1) is 0 Å². The van der Waals surface area contributed by atoms with Crippen molar-refractivity contribution in [3.63, 3.8) is 0 Å². The minimum Gasteiger partial charge on any atom is -0.483 e. The lowest BCUT2D eigenvalue weighted by atomic mass is 9.71. The summed E-state index contributed by atoms with van der Waals surface area (Å²) < 4.78 is 11.3. The molecule has 2 fully saturated rings. The predicted octanol–water partition coefficient (Wildman–Crippen LogP) is 3.25. The van der Waals surface area contributed by atoms with Crippen molar-refractivity contribution < 1.29 is 19.1 Å². The number of aryl methyl sites for hydroxylation is 2. The Hall–Kier alpha value is -2.34. The van der Waals surface area contributed by atoms with E-state index in [9.17, 15) is 14.7 Å². The first kappa shape index (κ1) is 20.0. The second-order valence-corrected chi connectivity index (χ2v) is 8.63. The number of ether oxygens (including phenoxy) is 1. The maximum Gasteiger partial charge on any atom is 0.339 e. The predicted molar refractivity (Wildman–Crippen MR) is 110 cm³/mol. The van der Waals surface area contributed by atoms with Crippen LogP contribution >= 0.6 is 0 Å². The van der Waals surface area contributed by atoms with Crippen LogP contribution in [-0.2, 0) is 4.79 Å². The molecular weight excluding hydrogens is 370 g/mol. The van der Waals surface area contributed by atoms with Crippen molar-refractivity contribution in [2.24, 2.45) is 5.92 Å². The van der Waals surface area contributed by atoms with E-state index in [1.165, 1.54) is 0 Å². The Labute approximate surface area is 170 Å². The molecule has 1 saturated heterocycles. The average Bonchev–Trinajstić information content (AvgIpc) is 2.71. The zero-order chi connectivity index (χ0) is 20.8. The van der Waals surface area contributed by atoms with E-state index in [0.29, 0.717) is 36.4 Å². The van der Waals surface area contributed by atoms with Gasteiger partial charge in [-0.2, -0.15) is 0 Å². The monoisotopic (exact) mass is 399 g/mol. The van der Waals surface area contributed by atoms with Crippen LogP contribution in [0.4, 0.5) is 0 Å². The quantitative estimate of drug-likeness (QED) is 0.802. The summed E-state index contributed by atoms with van der Waals surface area (Å²) in [4.78, 5) is 26.6. The number of piperidine rings is 1. The second kappa shape index (κ2) is 7.48. The van der Waals surface area contributed by atoms with Crippen molar-refractivity contribution in [2.75, 3.05) is 19.7 Å². The summed E-state index contributed by atoms with van der Waals surface area (Å²) in [7, 11) is 0. The number of benzene rings is 1. The lowest BCUT2D eigenvalue weighted by molar-refractivity contribution is -0.145. The van der Waals surface area contributed by atoms with E-state index < -0.39 is 5.60 Å². The Morgan fingerprint density at radius 2 is 2.00 bits per heavy atom. The minimum atomic E-state index is -0.599. The van der Waals surface area contributed by atoms with Crippen LogP contribution in [0.5, 0.6) is 5.75 Å². The van der Waals surface area contributed by atoms with Gasteiger partial charge in [-0.1, -0.05) is 12.8 Å². The fraction of sp³-hybridized carbons (Fsp3) is 0.565. The molecule has 29 heavy (non-hydrogen) atoms. The van der Waals surface area contributed by atoms with Crippen molar-refractivity contribution in [3.05, 3.63) is 39.2 Å². The Bertz CT molecular complexity index is 1010. The Morgan fingerprint density at radius 3 is 2.79 bits per heavy atom. The second-order valence-electron chi connectivity index (χ2n) is 8.63. The van der Waals surface area contributed by atoms with Crippen molar-refractivity contribution in [1.29, 1.82) is 0 Å². The van der Waals surface area contributed by atoms with Crippen LogP contribution in [-0.4, -0.2) is 41.2 Å². The van der Waals surface area contributed by atoms with E-state index in [-0.39, 0.29) is 24.1 Å². The highest BCUT2D eigenvalue weighted by atomic mass is 16.5. The minimum absolute atomic E-state index is 0.0629. The van der Waals surface area contributed by atoms with Crippen LogP contribution < -0.4 is 10.4 Å². The Kier molecular flexibility index (Phi) is 5.15. The maximum atomic E-state index is 12.7. The van der Waals surface area contributed by atoms with Crippen LogP contribution in [0.25, 0.3) is 11.0 Å². The summed E-state index contributed by atoms with van der Waals surface area (Å²) in [5.41, 5.74) is 1.78. The van der Waals surface area contributed by atoms with Gasteiger partial charge in [0, 0.05) is 35.5 Å². The standard InChI is InChI=1S/C23H29NO5/c1-14-15(2)22(26)29-21-16(3)19(8-7-18(14)21)28-13-20(25)24-11-10-23(27)9-5-4-6-17(23)12-24/h7-8,17,27H,4-6,9-13H2,1-3H3/t17-,23+/m0/s1. The SMILES string of the molecule is Cc1c(C)c2ccc(OCC(=O)N3CC[C@]4(O)CCCC[C@H]4C3)c(C)c2oc1=O. The van der Waals surface area contributed by atoms with E-state index >= 15 is 0 Å². The molecule has 2 atom stereocenters. The third kappa shape index (κ3) is 3.54. The molecule has 1 saturated carbocycles. The first-order valence-electron chi connectivity index (χ1n) is 10.5. The van der Waals surface area contributed by atoms with Gasteiger partial charge in [0.05, 0.1) is 5.60 Å². The molecule has 1 aliphatic heterocycles. The van der Waals surface area contributed by atoms with Gasteiger partial charge in [-0.3, -0.25) is 4.79 Å². The number of carbonyl (C=O) groups excluding carboxylic acids is 1. The largest absolute Gasteiger partial charge is 0.483 e. The van der Waals surface area contributed by atoms with Gasteiger partial charge in [-0.05, 0) is 57.7 Å². The van der Waals surface area contributed by atoms with Gasteiger partial charge in [0.2, 0.25) is 0 Å². The van der Waals surface area contributed by atoms with E-state index in [1.54, 1.807) is 6.92 Å². The van der Waals surface area contributed by atoms with Crippen LogP contribution in [0.1, 0.15) is 48.8 Å². The molecule has 2 heterocycles. The lowest BCUT2D eigenvalue weighted by Crippen LogP contribution is -2.55. The number of rotatable bonds is 3. The van der Waals surface area contributed by atoms with Crippen LogP contribution in [0.15, 0.2) is 21.3 Å². The molecule has 156 valence electrons. The van der Waals surface area contributed by atoms with Gasteiger partial charge < -0.3 is 19.2 Å². The van der Waals surface area contributed by atoms with Crippen molar-refractivity contribution in [1.82, 2.24) is 4.90 Å². The third-order valence-electron chi connectivity index (χ3n) is 6.96. The average molecular weight is 399 g/mol. The fourth-order valence-corrected chi connectivity index (χ4v) is 4.81. The molecule has 6 nitrogen and oxygen atoms in total. The molecule has 0 unspecified atom stereocenters. The molecule has 1 N–H and O–H groups in total. The highest BCUT2D eigenvalue weighted by molar-refractivity contribution is 5.85. The van der Waals surface area contributed by atoms with Crippen molar-refractivity contribution in [3.8, 4) is 5.75 Å². The summed E-state index contributed by atoms with van der Waals surface area (Å²) in [5, 5.41) is 11.7. The maximum absolute atomic E-state index is 12.7. The molecule has 2 aliphatic rings. The van der Waals surface area contributed by atoms with Gasteiger partial charge >= 0.3 is 5.63 Å². The lowest BCUT2D eigenvalue weighted by Gasteiger charge is -2.47. The van der Waals surface area contributed by atoms with Gasteiger partial charge in [0.25, 0.3) is 5.91 Å². The zero-order valence-electron chi connectivity index (χ0n) is 17.4. The number of likely N-dealkylation sites (tertiary alicyclic amines) is 1. The molecule has 1 aliphatic carbocycles. The van der Waals surface area contributed by atoms with Gasteiger partial charge in [-0.25, -0.2) is 4.79 Å². The van der Waals surface area contributed by atoms with E-state index in [0.717, 1.165) is 42.2 Å². The molecule has 4 rings (SSSR count). The van der Waals surface area contributed by atoms with Gasteiger partial charge in [0.15, 0.2) is 6.61 Å². The van der Waals surface area contributed by atoms with Crippen molar-refractivity contribution >= 4 is 16.9 Å². The Morgan fingerprint density at radius 1 is 1.21 bits per heavy atom. The fourth-order valence-electron chi connectivity index (χ4n) is 4.81. The molecule has 1 amide bonds. The topological polar surface area (TPSA) is 80.0 Å². The number of amides is 1. The van der Waals surface area contributed by atoms with Gasteiger partial charge in [0.1, 0.15) is 11.3 Å². The highest BCUT2D eigenvalue weighted by Crippen LogP contribution is 2.39. The molecule has 6 heteroatoms. The molecule has 1 aromatic heterocycles. The van der Waals surface area contributed by atoms with E-state index in [4.69, 9.17) is 9.15 Å². The molecule has 0 radical (unpaired) electrons. The molecule has 1 aromatic carbocycles. The third-order valence-corrected chi connectivity index (χ3v) is 6.96. The number of aliphatic hydroxyl groups is 1. The summed E-state index contributed by atoms with van der Waals surface area (Å²) in [6.45, 7) is 6.60. The number of carbonyl (C=O) groups is 1. The van der Waals surface area contributed by atoms with E-state index in [2.05, 4.69) is 0 Å². The van der Waals surface area contributed by atoms with Crippen LogP contribution in [0.2, 0.25) is 0 Å². The van der Waals surface area contributed by atoms with Crippen LogP contribution in [0, 0.1) is 26.7 Å². The number of hydrogen-bond acceptors (Lipinski definition) is 5. The van der Waals surface area contributed by atoms with Crippen molar-refractivity contribution in [2.45, 2.75) is 58.5 Å². The summed E-state index contributed by atoms with van der Waals surface area (Å²) in [5.74, 6) is 0.638. The number of fused-ring (bicyclic) bond motifs is 2.